The van der Waals surface area contributed by atoms with Crippen molar-refractivity contribution < 1.29 is 23.1 Å². The van der Waals surface area contributed by atoms with Crippen LogP contribution in [0.1, 0.15) is 11.6 Å². The predicted molar refractivity (Wildman–Crippen MR) is 83.4 cm³/mol. The van der Waals surface area contributed by atoms with Gasteiger partial charge >= 0.3 is 6.03 Å². The highest BCUT2D eigenvalue weighted by atomic mass is 19.1. The van der Waals surface area contributed by atoms with Gasteiger partial charge in [0.2, 0.25) is 5.91 Å². The predicted octanol–water partition coefficient (Wildman–Crippen LogP) is 2.32. The third-order valence-electron chi connectivity index (χ3n) is 3.17. The first-order valence-electron chi connectivity index (χ1n) is 6.86. The van der Waals surface area contributed by atoms with Crippen molar-refractivity contribution in [3.8, 4) is 5.75 Å². The molecular weight excluding hydrogens is 320 g/mol. The Kier molecular flexibility index (Phi) is 5.31. The van der Waals surface area contributed by atoms with Crippen LogP contribution in [-0.2, 0) is 4.79 Å². The van der Waals surface area contributed by atoms with Crippen molar-refractivity contribution in [3.63, 3.8) is 0 Å². The highest BCUT2D eigenvalue weighted by molar-refractivity contribution is 5.94. The van der Waals surface area contributed by atoms with Gasteiger partial charge in [0, 0.05) is 6.07 Å². The third-order valence-corrected chi connectivity index (χ3v) is 3.17. The van der Waals surface area contributed by atoms with Gasteiger partial charge in [-0.1, -0.05) is 12.1 Å². The molecule has 2 rings (SSSR count). The molecule has 1 unspecified atom stereocenters. The molecule has 3 amide bonds. The van der Waals surface area contributed by atoms with E-state index in [4.69, 9.17) is 10.5 Å². The topological polar surface area (TPSA) is 93.4 Å². The lowest BCUT2D eigenvalue weighted by molar-refractivity contribution is -0.119. The fraction of sp³-hybridized carbons (Fsp3) is 0.125. The van der Waals surface area contributed by atoms with Crippen molar-refractivity contribution in [2.45, 2.75) is 6.04 Å². The molecule has 0 spiro atoms. The second kappa shape index (κ2) is 7.40. The number of nitrogens with two attached hydrogens (primary N) is 1. The minimum absolute atomic E-state index is 0.0809. The molecule has 2 aromatic carbocycles. The van der Waals surface area contributed by atoms with E-state index in [0.717, 1.165) is 18.2 Å². The number of primary amides is 1. The fourth-order valence-electron chi connectivity index (χ4n) is 2.04. The number of halogens is 2. The number of urea groups is 1. The molecule has 0 heterocycles. The van der Waals surface area contributed by atoms with Crippen LogP contribution in [0.3, 0.4) is 0 Å². The first kappa shape index (κ1) is 17.2. The Morgan fingerprint density at radius 2 is 1.71 bits per heavy atom. The molecule has 1 atom stereocenters. The van der Waals surface area contributed by atoms with Gasteiger partial charge < -0.3 is 21.1 Å². The summed E-state index contributed by atoms with van der Waals surface area (Å²) in [7, 11) is 1.36. The van der Waals surface area contributed by atoms with E-state index in [0.29, 0.717) is 5.56 Å². The number of ether oxygens (including phenoxy) is 1. The lowest BCUT2D eigenvalue weighted by atomic mass is 10.1. The molecule has 126 valence electrons. The van der Waals surface area contributed by atoms with Crippen LogP contribution in [0.25, 0.3) is 0 Å². The molecule has 0 bridgehead atoms. The van der Waals surface area contributed by atoms with Crippen LogP contribution in [0.4, 0.5) is 19.3 Å². The van der Waals surface area contributed by atoms with Crippen LogP contribution in [0.15, 0.2) is 42.5 Å². The largest absolute Gasteiger partial charge is 0.495 e. The smallest absolute Gasteiger partial charge is 0.320 e. The Hall–Kier alpha value is -3.16. The molecule has 8 heteroatoms. The minimum Gasteiger partial charge on any atom is -0.495 e. The summed E-state index contributed by atoms with van der Waals surface area (Å²) in [6.07, 6.45) is 0. The Morgan fingerprint density at radius 3 is 2.29 bits per heavy atom. The summed E-state index contributed by atoms with van der Waals surface area (Å²) in [4.78, 5) is 23.6. The Balaban J connectivity index is 2.16. The zero-order chi connectivity index (χ0) is 17.7. The van der Waals surface area contributed by atoms with E-state index in [1.807, 2.05) is 0 Å². The van der Waals surface area contributed by atoms with Crippen molar-refractivity contribution in [1.29, 1.82) is 0 Å². The van der Waals surface area contributed by atoms with Gasteiger partial charge in [0.25, 0.3) is 0 Å². The summed E-state index contributed by atoms with van der Waals surface area (Å²) < 4.78 is 31.3. The second-order valence-electron chi connectivity index (χ2n) is 4.83. The summed E-state index contributed by atoms with van der Waals surface area (Å²) in [5.41, 5.74) is 5.66. The average molecular weight is 335 g/mol. The van der Waals surface area contributed by atoms with Gasteiger partial charge in [-0.15, -0.1) is 0 Å². The van der Waals surface area contributed by atoms with Crippen LogP contribution in [0.2, 0.25) is 0 Å². The number of rotatable bonds is 5. The van der Waals surface area contributed by atoms with Crippen molar-refractivity contribution >= 4 is 17.6 Å². The summed E-state index contributed by atoms with van der Waals surface area (Å²) in [6.45, 7) is 0. The van der Waals surface area contributed by atoms with E-state index >= 15 is 0 Å². The monoisotopic (exact) mass is 335 g/mol. The maximum Gasteiger partial charge on any atom is 0.320 e. The SMILES string of the molecule is COc1ccc(F)cc1NC(=O)NC(C(N)=O)c1ccc(F)cc1. The number of anilines is 1. The summed E-state index contributed by atoms with van der Waals surface area (Å²) in [5, 5.41) is 4.72. The molecule has 0 aliphatic rings. The average Bonchev–Trinajstić information content (AvgIpc) is 2.53. The number of amides is 3. The van der Waals surface area contributed by atoms with E-state index in [9.17, 15) is 18.4 Å². The molecule has 0 saturated carbocycles. The van der Waals surface area contributed by atoms with Crippen LogP contribution in [-0.4, -0.2) is 19.0 Å². The van der Waals surface area contributed by atoms with E-state index in [2.05, 4.69) is 10.6 Å². The maximum absolute atomic E-state index is 13.3. The zero-order valence-electron chi connectivity index (χ0n) is 12.7. The van der Waals surface area contributed by atoms with Gasteiger partial charge in [0.1, 0.15) is 23.4 Å². The normalized spacial score (nSPS) is 11.5. The Morgan fingerprint density at radius 1 is 1.08 bits per heavy atom. The molecule has 24 heavy (non-hydrogen) atoms. The Bertz CT molecular complexity index is 751. The first-order valence-corrected chi connectivity index (χ1v) is 6.86. The summed E-state index contributed by atoms with van der Waals surface area (Å²) in [6, 6.07) is 6.54. The molecule has 0 fully saturated rings. The van der Waals surface area contributed by atoms with Crippen molar-refractivity contribution in [2.24, 2.45) is 5.73 Å². The van der Waals surface area contributed by atoms with Crippen molar-refractivity contribution in [2.75, 3.05) is 12.4 Å². The standard InChI is InChI=1S/C16H15F2N3O3/c1-24-13-7-6-11(18)8-12(13)20-16(23)21-14(15(19)22)9-2-4-10(17)5-3-9/h2-8,14H,1H3,(H2,19,22)(H2,20,21,23). The van der Waals surface area contributed by atoms with Gasteiger partial charge in [0.15, 0.2) is 0 Å². The van der Waals surface area contributed by atoms with Crippen molar-refractivity contribution in [3.05, 3.63) is 59.7 Å². The molecule has 6 nitrogen and oxygen atoms in total. The van der Waals surface area contributed by atoms with Gasteiger partial charge in [-0.3, -0.25) is 4.79 Å². The van der Waals surface area contributed by atoms with Gasteiger partial charge in [-0.2, -0.15) is 0 Å². The number of hydrogen-bond acceptors (Lipinski definition) is 3. The molecule has 4 N–H and O–H groups in total. The van der Waals surface area contributed by atoms with E-state index in [-0.39, 0.29) is 11.4 Å². The fourth-order valence-corrected chi connectivity index (χ4v) is 2.04. The highest BCUT2D eigenvalue weighted by Gasteiger charge is 2.21. The van der Waals surface area contributed by atoms with Crippen LogP contribution in [0.5, 0.6) is 5.75 Å². The van der Waals surface area contributed by atoms with Crippen molar-refractivity contribution in [1.82, 2.24) is 5.32 Å². The number of benzene rings is 2. The second-order valence-corrected chi connectivity index (χ2v) is 4.83. The van der Waals surface area contributed by atoms with E-state index in [1.165, 1.54) is 31.4 Å². The number of carbonyl (C=O) groups excluding carboxylic acids is 2. The van der Waals surface area contributed by atoms with Crippen LogP contribution >= 0.6 is 0 Å². The van der Waals surface area contributed by atoms with E-state index < -0.39 is 29.6 Å². The molecule has 0 radical (unpaired) electrons. The third kappa shape index (κ3) is 4.19. The molecule has 2 aromatic rings. The number of hydrogen-bond donors (Lipinski definition) is 3. The van der Waals surface area contributed by atoms with Gasteiger partial charge in [0.05, 0.1) is 12.8 Å². The maximum atomic E-state index is 13.3. The quantitative estimate of drug-likeness (QED) is 0.783. The van der Waals surface area contributed by atoms with E-state index in [1.54, 1.807) is 0 Å². The van der Waals surface area contributed by atoms with Gasteiger partial charge in [-0.25, -0.2) is 13.6 Å². The summed E-state index contributed by atoms with van der Waals surface area (Å²) >= 11 is 0. The molecule has 0 aliphatic heterocycles. The lowest BCUT2D eigenvalue weighted by Gasteiger charge is -2.17. The highest BCUT2D eigenvalue weighted by Crippen LogP contribution is 2.25. The molecular formula is C16H15F2N3O3. The van der Waals surface area contributed by atoms with Gasteiger partial charge in [-0.05, 0) is 29.8 Å². The van der Waals surface area contributed by atoms with Crippen LogP contribution < -0.4 is 21.1 Å². The molecule has 0 aromatic heterocycles. The number of methoxy groups -OCH3 is 1. The Labute approximate surface area is 136 Å². The number of nitrogens with one attached hydrogen (secondary N) is 2. The first-order chi connectivity index (χ1) is 11.4. The zero-order valence-corrected chi connectivity index (χ0v) is 12.7. The lowest BCUT2D eigenvalue weighted by Crippen LogP contribution is -2.39. The molecule has 0 saturated heterocycles. The molecule has 0 aliphatic carbocycles. The minimum atomic E-state index is -1.18. The van der Waals surface area contributed by atoms with Crippen LogP contribution in [0, 0.1) is 11.6 Å². The number of carbonyl (C=O) groups is 2. The summed E-state index contributed by atoms with van der Waals surface area (Å²) in [5.74, 6) is -1.65.